The van der Waals surface area contributed by atoms with Crippen LogP contribution in [-0.4, -0.2) is 69.1 Å². The maximum atomic E-state index is 12.4. The lowest BCUT2D eigenvalue weighted by Crippen LogP contribution is -2.43. The molecular weight excluding hydrogens is 434 g/mol. The minimum atomic E-state index is -3.11. The molecule has 9 heteroatoms. The summed E-state index contributed by atoms with van der Waals surface area (Å²) in [6.07, 6.45) is 3.22. The van der Waals surface area contributed by atoms with E-state index in [0.717, 1.165) is 5.56 Å². The zero-order valence-electron chi connectivity index (χ0n) is 19.2. The summed E-state index contributed by atoms with van der Waals surface area (Å²) in [4.78, 5) is 26.0. The molecule has 0 aromatic heterocycles. The third kappa shape index (κ3) is 7.85. The number of rotatable bonds is 11. The summed E-state index contributed by atoms with van der Waals surface area (Å²) in [6.45, 7) is 8.74. The fourth-order valence-corrected chi connectivity index (χ4v) is 5.09. The second kappa shape index (κ2) is 11.9. The number of nitrogens with zero attached hydrogens (tertiary/aromatic N) is 1. The zero-order valence-corrected chi connectivity index (χ0v) is 20.0. The molecule has 0 saturated carbocycles. The molecule has 1 atom stereocenters. The van der Waals surface area contributed by atoms with Crippen LogP contribution in [0.2, 0.25) is 0 Å². The largest absolute Gasteiger partial charge is 0.490 e. The molecule has 0 spiro atoms. The standard InChI is InChI=1S/C23H33NO7S/c1-5-24(19-11-12-32(27,28)16-19)22(25)15-31-23(26)10-8-18-7-9-20(30-14-17(3)4)21(13-18)29-6-2/h7-10,13,17,19H,5-6,11-12,14-16H2,1-4H3. The van der Waals surface area contributed by atoms with Gasteiger partial charge < -0.3 is 19.1 Å². The minimum Gasteiger partial charge on any atom is -0.490 e. The van der Waals surface area contributed by atoms with Gasteiger partial charge in [-0.25, -0.2) is 13.2 Å². The molecule has 1 fully saturated rings. The van der Waals surface area contributed by atoms with E-state index in [-0.39, 0.29) is 17.5 Å². The van der Waals surface area contributed by atoms with Crippen LogP contribution in [0.1, 0.15) is 39.7 Å². The van der Waals surface area contributed by atoms with Crippen molar-refractivity contribution >= 4 is 27.8 Å². The van der Waals surface area contributed by atoms with Gasteiger partial charge in [-0.1, -0.05) is 19.9 Å². The van der Waals surface area contributed by atoms with Crippen molar-refractivity contribution in [2.75, 3.05) is 37.9 Å². The lowest BCUT2D eigenvalue weighted by molar-refractivity contribution is -0.149. The molecule has 1 aromatic rings. The van der Waals surface area contributed by atoms with Crippen molar-refractivity contribution in [1.82, 2.24) is 4.90 Å². The Bertz CT molecular complexity index is 924. The molecule has 1 saturated heterocycles. The maximum Gasteiger partial charge on any atom is 0.331 e. The van der Waals surface area contributed by atoms with Crippen LogP contribution >= 0.6 is 0 Å². The second-order valence-corrected chi connectivity index (χ2v) is 10.3. The van der Waals surface area contributed by atoms with Crippen LogP contribution < -0.4 is 9.47 Å². The van der Waals surface area contributed by atoms with Gasteiger partial charge in [-0.05, 0) is 50.0 Å². The maximum absolute atomic E-state index is 12.4. The van der Waals surface area contributed by atoms with Gasteiger partial charge in [0.15, 0.2) is 27.9 Å². The van der Waals surface area contributed by atoms with E-state index in [1.165, 1.54) is 11.0 Å². The van der Waals surface area contributed by atoms with Crippen LogP contribution in [0.3, 0.4) is 0 Å². The smallest absolute Gasteiger partial charge is 0.331 e. The van der Waals surface area contributed by atoms with Crippen molar-refractivity contribution in [3.05, 3.63) is 29.8 Å². The summed E-state index contributed by atoms with van der Waals surface area (Å²) in [5, 5.41) is 0. The van der Waals surface area contributed by atoms with Crippen LogP contribution in [0.4, 0.5) is 0 Å². The second-order valence-electron chi connectivity index (χ2n) is 8.02. The number of amides is 1. The first-order valence-corrected chi connectivity index (χ1v) is 12.7. The molecule has 1 amide bonds. The molecule has 1 aliphatic heterocycles. The Balaban J connectivity index is 1.93. The number of benzene rings is 1. The Morgan fingerprint density at radius 1 is 1.19 bits per heavy atom. The summed E-state index contributed by atoms with van der Waals surface area (Å²) in [7, 11) is -3.11. The average molecular weight is 468 g/mol. The van der Waals surface area contributed by atoms with Gasteiger partial charge in [0.2, 0.25) is 0 Å². The molecule has 32 heavy (non-hydrogen) atoms. The van der Waals surface area contributed by atoms with E-state index in [2.05, 4.69) is 13.8 Å². The van der Waals surface area contributed by atoms with Crippen molar-refractivity contribution in [2.45, 2.75) is 40.2 Å². The molecule has 0 aliphatic carbocycles. The van der Waals surface area contributed by atoms with E-state index in [0.29, 0.717) is 43.6 Å². The van der Waals surface area contributed by atoms with Gasteiger partial charge in [0.25, 0.3) is 5.91 Å². The number of carbonyl (C=O) groups excluding carboxylic acids is 2. The highest BCUT2D eigenvalue weighted by Gasteiger charge is 2.34. The Hall–Kier alpha value is -2.55. The molecule has 1 aromatic carbocycles. The number of hydrogen-bond acceptors (Lipinski definition) is 7. The Morgan fingerprint density at radius 3 is 2.53 bits per heavy atom. The first kappa shape index (κ1) is 25.7. The van der Waals surface area contributed by atoms with E-state index in [9.17, 15) is 18.0 Å². The molecule has 0 bridgehead atoms. The highest BCUT2D eigenvalue weighted by molar-refractivity contribution is 7.91. The average Bonchev–Trinajstić information content (AvgIpc) is 3.09. The molecule has 1 heterocycles. The van der Waals surface area contributed by atoms with Gasteiger partial charge in [-0.15, -0.1) is 0 Å². The molecular formula is C23H33NO7S. The van der Waals surface area contributed by atoms with Crippen LogP contribution in [-0.2, 0) is 24.2 Å². The van der Waals surface area contributed by atoms with Crippen LogP contribution in [0.5, 0.6) is 11.5 Å². The molecule has 178 valence electrons. The number of hydrogen-bond donors (Lipinski definition) is 0. The number of sulfone groups is 1. The number of esters is 1. The van der Waals surface area contributed by atoms with E-state index >= 15 is 0 Å². The van der Waals surface area contributed by atoms with Gasteiger partial charge in [0.05, 0.1) is 24.7 Å². The van der Waals surface area contributed by atoms with E-state index in [1.807, 2.05) is 6.92 Å². The van der Waals surface area contributed by atoms with E-state index < -0.39 is 28.3 Å². The van der Waals surface area contributed by atoms with Gasteiger partial charge in [-0.2, -0.15) is 0 Å². The Labute approximate surface area is 190 Å². The quantitative estimate of drug-likeness (QED) is 0.364. The zero-order chi connectivity index (χ0) is 23.7. The normalized spacial score (nSPS) is 17.5. The summed E-state index contributed by atoms with van der Waals surface area (Å²) in [5.74, 6) is 0.578. The lowest BCUT2D eigenvalue weighted by Gasteiger charge is -2.26. The van der Waals surface area contributed by atoms with Crippen molar-refractivity contribution in [2.24, 2.45) is 5.92 Å². The van der Waals surface area contributed by atoms with Crippen LogP contribution in [0.25, 0.3) is 6.08 Å². The summed E-state index contributed by atoms with van der Waals surface area (Å²) >= 11 is 0. The fraction of sp³-hybridized carbons (Fsp3) is 0.565. The van der Waals surface area contributed by atoms with E-state index in [1.54, 1.807) is 31.2 Å². The summed E-state index contributed by atoms with van der Waals surface area (Å²) in [5.41, 5.74) is 0.722. The molecule has 0 radical (unpaired) electrons. The molecule has 1 aliphatic rings. The number of likely N-dealkylation sites (N-methyl/N-ethyl adjacent to an activating group) is 1. The van der Waals surface area contributed by atoms with E-state index in [4.69, 9.17) is 14.2 Å². The molecule has 8 nitrogen and oxygen atoms in total. The number of ether oxygens (including phenoxy) is 3. The van der Waals surface area contributed by atoms with Crippen molar-refractivity contribution < 1.29 is 32.2 Å². The number of carbonyl (C=O) groups is 2. The first-order valence-electron chi connectivity index (χ1n) is 10.9. The molecule has 0 N–H and O–H groups in total. The van der Waals surface area contributed by atoms with Crippen molar-refractivity contribution in [1.29, 1.82) is 0 Å². The van der Waals surface area contributed by atoms with Gasteiger partial charge in [0.1, 0.15) is 0 Å². The highest BCUT2D eigenvalue weighted by Crippen LogP contribution is 2.29. The summed E-state index contributed by atoms with van der Waals surface area (Å²) < 4.78 is 39.8. The first-order chi connectivity index (χ1) is 15.1. The monoisotopic (exact) mass is 467 g/mol. The molecule has 1 unspecified atom stereocenters. The Kier molecular flexibility index (Phi) is 9.56. The third-order valence-electron chi connectivity index (χ3n) is 4.90. The van der Waals surface area contributed by atoms with Gasteiger partial charge in [-0.3, -0.25) is 4.79 Å². The minimum absolute atomic E-state index is 0.0422. The van der Waals surface area contributed by atoms with Crippen molar-refractivity contribution in [3.8, 4) is 11.5 Å². The van der Waals surface area contributed by atoms with Crippen molar-refractivity contribution in [3.63, 3.8) is 0 Å². The summed E-state index contributed by atoms with van der Waals surface area (Å²) in [6, 6.07) is 5.00. The van der Waals surface area contributed by atoms with Gasteiger partial charge in [0, 0.05) is 18.7 Å². The van der Waals surface area contributed by atoms with Crippen LogP contribution in [0, 0.1) is 5.92 Å². The third-order valence-corrected chi connectivity index (χ3v) is 6.65. The predicted octanol–water partition coefficient (Wildman–Crippen LogP) is 2.71. The van der Waals surface area contributed by atoms with Crippen LogP contribution in [0.15, 0.2) is 24.3 Å². The SMILES string of the molecule is CCOc1cc(C=CC(=O)OCC(=O)N(CC)C2CCS(=O)(=O)C2)ccc1OCC(C)C. The topological polar surface area (TPSA) is 99.2 Å². The molecule has 2 rings (SSSR count). The Morgan fingerprint density at radius 2 is 1.94 bits per heavy atom. The van der Waals surface area contributed by atoms with Gasteiger partial charge >= 0.3 is 5.97 Å². The lowest BCUT2D eigenvalue weighted by atomic mass is 10.2. The predicted molar refractivity (Wildman–Crippen MR) is 122 cm³/mol. The highest BCUT2D eigenvalue weighted by atomic mass is 32.2. The fourth-order valence-electron chi connectivity index (χ4n) is 3.36.